The van der Waals surface area contributed by atoms with Crippen LogP contribution in [0.4, 0.5) is 34.1 Å². The van der Waals surface area contributed by atoms with Crippen molar-refractivity contribution in [1.82, 2.24) is 0 Å². The Morgan fingerprint density at radius 2 is 0.743 bits per heavy atom. The van der Waals surface area contributed by atoms with Gasteiger partial charge in [0.2, 0.25) is 0 Å². The van der Waals surface area contributed by atoms with Crippen LogP contribution in [-0.2, 0) is 10.8 Å². The Bertz CT molecular complexity index is 4160. The number of rotatable bonds is 6. The molecule has 6 heteroatoms. The zero-order valence-corrected chi connectivity index (χ0v) is 42.9. The van der Waals surface area contributed by atoms with E-state index in [1.807, 2.05) is 59.1 Å². The molecule has 14 rings (SSSR count). The molecule has 350 valence electrons. The summed E-state index contributed by atoms with van der Waals surface area (Å²) in [4.78, 5) is 4.75. The average Bonchev–Trinajstić information content (AvgIpc) is 4.14. The number of nitrogens with zero attached hydrogens (tertiary/aromatic N) is 4. The SMILES string of the molecule is Cc1cccc2c1sc1c(N(c3cccc(C#N)c3)c3ccc4c(c3)C3(c5cc(N(c6cccc(C#N)c6)c6cccc7c6sc6c(C)cccc67)ccc5-4)c4ccccc4C(C)(C)c4ccccc43)cccc12. The Morgan fingerprint density at radius 3 is 1.18 bits per heavy atom. The smallest absolute Gasteiger partial charge is 0.0992 e. The second kappa shape index (κ2) is 16.4. The zero-order chi connectivity index (χ0) is 50.0. The monoisotopic (exact) mass is 982 g/mol. The molecule has 0 amide bonds. The molecule has 0 unspecified atom stereocenters. The van der Waals surface area contributed by atoms with Gasteiger partial charge in [-0.05, 0) is 142 Å². The highest BCUT2D eigenvalue weighted by Gasteiger charge is 2.53. The van der Waals surface area contributed by atoms with E-state index >= 15 is 0 Å². The Kier molecular flexibility index (Phi) is 9.72. The van der Waals surface area contributed by atoms with E-state index in [1.54, 1.807) is 0 Å². The summed E-state index contributed by atoms with van der Waals surface area (Å²) < 4.78 is 4.96. The van der Waals surface area contributed by atoms with E-state index in [4.69, 9.17) is 0 Å². The summed E-state index contributed by atoms with van der Waals surface area (Å²) in [6.07, 6.45) is 0. The maximum Gasteiger partial charge on any atom is 0.0992 e. The fraction of sp³-hybridized carbons (Fsp3) is 0.0882. The molecule has 2 aliphatic rings. The fourth-order valence-electron chi connectivity index (χ4n) is 12.7. The van der Waals surface area contributed by atoms with Crippen LogP contribution in [0.25, 0.3) is 51.5 Å². The largest absolute Gasteiger partial charge is 0.309 e. The van der Waals surface area contributed by atoms with Crippen molar-refractivity contribution < 1.29 is 0 Å². The van der Waals surface area contributed by atoms with Gasteiger partial charge in [-0.15, -0.1) is 22.7 Å². The first-order valence-electron chi connectivity index (χ1n) is 25.1. The van der Waals surface area contributed by atoms with Gasteiger partial charge < -0.3 is 9.80 Å². The van der Waals surface area contributed by atoms with E-state index in [9.17, 15) is 10.5 Å². The van der Waals surface area contributed by atoms with Gasteiger partial charge in [0.15, 0.2) is 0 Å². The number of hydrogen-bond acceptors (Lipinski definition) is 6. The zero-order valence-electron chi connectivity index (χ0n) is 41.2. The van der Waals surface area contributed by atoms with E-state index in [0.717, 1.165) is 34.1 Å². The topological polar surface area (TPSA) is 54.1 Å². The maximum absolute atomic E-state index is 10.3. The summed E-state index contributed by atoms with van der Waals surface area (Å²) in [5.41, 5.74) is 18.6. The predicted octanol–water partition coefficient (Wildman–Crippen LogP) is 18.7. The van der Waals surface area contributed by atoms with Gasteiger partial charge in [0.05, 0.1) is 49.5 Å². The van der Waals surface area contributed by atoms with E-state index < -0.39 is 5.41 Å². The molecule has 0 bridgehead atoms. The van der Waals surface area contributed by atoms with Gasteiger partial charge in [0.1, 0.15) is 0 Å². The highest BCUT2D eigenvalue weighted by molar-refractivity contribution is 7.27. The maximum atomic E-state index is 10.3. The standard InChI is InChI=1S/C68H46N4S2/c1-41-15-9-21-51-53-23-13-29-61(65(53)73-63(41)51)71(45-19-11-17-43(35-45)39-69)47-31-33-49-50-34-32-48(38-60(50)68(59(49)37-47)57-27-7-5-25-55(57)67(3,4)56-26-6-8-28-58(56)68)72(46-20-12-18-44(36-46)40-70)62-30-14-24-54-52-22-10-16-42(2)64(52)74-66(54)62/h5-38H,1-4H3. The van der Waals surface area contributed by atoms with Gasteiger partial charge in [-0.2, -0.15) is 10.5 Å². The molecule has 0 saturated carbocycles. The molecule has 0 N–H and O–H groups in total. The summed E-state index contributed by atoms with van der Waals surface area (Å²) in [7, 11) is 0. The van der Waals surface area contributed by atoms with Gasteiger partial charge >= 0.3 is 0 Å². The number of nitriles is 2. The lowest BCUT2D eigenvalue weighted by atomic mass is 9.55. The summed E-state index contributed by atoms with van der Waals surface area (Å²) in [6.45, 7) is 9.14. The molecular formula is C68H46N4S2. The number of aryl methyl sites for hydroxylation is 2. The molecule has 2 heterocycles. The molecule has 0 radical (unpaired) electrons. The van der Waals surface area contributed by atoms with Crippen molar-refractivity contribution in [3.05, 3.63) is 262 Å². The molecule has 1 spiro atoms. The molecular weight excluding hydrogens is 937 g/mol. The van der Waals surface area contributed by atoms with Crippen LogP contribution in [-0.4, -0.2) is 0 Å². The number of anilines is 6. The second-order valence-corrected chi connectivity index (χ2v) is 22.4. The van der Waals surface area contributed by atoms with E-state index in [1.165, 1.54) is 96.0 Å². The number of thiophene rings is 2. The van der Waals surface area contributed by atoms with Gasteiger partial charge in [0.25, 0.3) is 0 Å². The molecule has 4 nitrogen and oxygen atoms in total. The van der Waals surface area contributed by atoms with Crippen LogP contribution in [0.1, 0.15) is 69.5 Å². The van der Waals surface area contributed by atoms with Crippen LogP contribution in [0.2, 0.25) is 0 Å². The van der Waals surface area contributed by atoms with Gasteiger partial charge in [-0.25, -0.2) is 0 Å². The van der Waals surface area contributed by atoms with Gasteiger partial charge in [-0.3, -0.25) is 0 Å². The van der Waals surface area contributed by atoms with Crippen LogP contribution in [0, 0.1) is 36.5 Å². The molecule has 0 saturated heterocycles. The number of hydrogen-bond donors (Lipinski definition) is 0. The normalized spacial score (nSPS) is 13.6. The highest BCUT2D eigenvalue weighted by atomic mass is 32.1. The van der Waals surface area contributed by atoms with Gasteiger partial charge in [-0.1, -0.05) is 147 Å². The van der Waals surface area contributed by atoms with E-state index in [2.05, 4.69) is 219 Å². The third kappa shape index (κ3) is 6.17. The van der Waals surface area contributed by atoms with Crippen molar-refractivity contribution in [3.8, 4) is 23.3 Å². The van der Waals surface area contributed by atoms with Crippen molar-refractivity contribution >= 4 is 97.1 Å². The predicted molar refractivity (Wildman–Crippen MR) is 310 cm³/mol. The van der Waals surface area contributed by atoms with E-state index in [-0.39, 0.29) is 5.41 Å². The Hall–Kier alpha value is -8.78. The number of benzene rings is 10. The quantitative estimate of drug-likeness (QED) is 0.167. The van der Waals surface area contributed by atoms with Crippen molar-refractivity contribution in [2.45, 2.75) is 38.5 Å². The summed E-state index contributed by atoms with van der Waals surface area (Å²) in [5, 5.41) is 25.6. The van der Waals surface area contributed by atoms with Crippen molar-refractivity contribution in [1.29, 1.82) is 10.5 Å². The Morgan fingerprint density at radius 1 is 0.365 bits per heavy atom. The highest BCUT2D eigenvalue weighted by Crippen LogP contribution is 2.64. The first-order chi connectivity index (χ1) is 36.2. The summed E-state index contributed by atoms with van der Waals surface area (Å²) in [6, 6.07) is 79.8. The lowest BCUT2D eigenvalue weighted by Crippen LogP contribution is -2.40. The Balaban J connectivity index is 1.07. The van der Waals surface area contributed by atoms with Crippen molar-refractivity contribution in [2.75, 3.05) is 9.80 Å². The number of fused-ring (bicyclic) bond motifs is 15. The molecule has 0 fully saturated rings. The summed E-state index contributed by atoms with van der Waals surface area (Å²) in [5.74, 6) is 0. The lowest BCUT2D eigenvalue weighted by molar-refractivity contribution is 0.563. The van der Waals surface area contributed by atoms with Crippen LogP contribution >= 0.6 is 22.7 Å². The fourth-order valence-corrected chi connectivity index (χ4v) is 15.2. The third-order valence-corrected chi connectivity index (χ3v) is 18.7. The molecule has 2 aromatic heterocycles. The molecule has 0 atom stereocenters. The minimum Gasteiger partial charge on any atom is -0.309 e. The molecule has 2 aliphatic carbocycles. The second-order valence-electron chi connectivity index (χ2n) is 20.3. The first kappa shape index (κ1) is 44.0. The van der Waals surface area contributed by atoms with Crippen molar-refractivity contribution in [3.63, 3.8) is 0 Å². The van der Waals surface area contributed by atoms with Gasteiger partial charge in [0, 0.05) is 59.1 Å². The molecule has 74 heavy (non-hydrogen) atoms. The van der Waals surface area contributed by atoms with Crippen LogP contribution in [0.15, 0.2) is 206 Å². The van der Waals surface area contributed by atoms with Crippen LogP contribution in [0.5, 0.6) is 0 Å². The molecule has 10 aromatic carbocycles. The minimum absolute atomic E-state index is 0.298. The van der Waals surface area contributed by atoms with Crippen LogP contribution in [0.3, 0.4) is 0 Å². The van der Waals surface area contributed by atoms with Crippen LogP contribution < -0.4 is 9.80 Å². The van der Waals surface area contributed by atoms with E-state index in [0.29, 0.717) is 11.1 Å². The lowest BCUT2D eigenvalue weighted by Gasteiger charge is -2.47. The first-order valence-corrected chi connectivity index (χ1v) is 26.7. The molecule has 0 aliphatic heterocycles. The average molecular weight is 983 g/mol. The summed E-state index contributed by atoms with van der Waals surface area (Å²) >= 11 is 3.67. The Labute approximate surface area is 438 Å². The molecule has 12 aromatic rings. The minimum atomic E-state index is -0.749. The van der Waals surface area contributed by atoms with Crippen molar-refractivity contribution in [2.24, 2.45) is 0 Å². The third-order valence-electron chi connectivity index (χ3n) is 16.0.